The maximum Gasteiger partial charge on any atom is 0.255 e. The Balaban J connectivity index is 1.63. The van der Waals surface area contributed by atoms with Gasteiger partial charge in [0.1, 0.15) is 12.0 Å². The second kappa shape index (κ2) is 9.10. The van der Waals surface area contributed by atoms with Gasteiger partial charge in [-0.15, -0.1) is 0 Å². The van der Waals surface area contributed by atoms with Crippen LogP contribution in [0.3, 0.4) is 0 Å². The van der Waals surface area contributed by atoms with E-state index in [0.29, 0.717) is 11.3 Å². The number of carbonyl (C=O) groups is 1. The number of phenols is 1. The summed E-state index contributed by atoms with van der Waals surface area (Å²) in [6.45, 7) is 1.38. The molecule has 0 unspecified atom stereocenters. The number of nitrogens with one attached hydrogen (secondary N) is 2. The van der Waals surface area contributed by atoms with Crippen molar-refractivity contribution in [2.24, 2.45) is 0 Å². The normalized spacial score (nSPS) is 11.6. The van der Waals surface area contributed by atoms with Crippen LogP contribution in [0.25, 0.3) is 0 Å². The fourth-order valence-corrected chi connectivity index (χ4v) is 3.36. The Morgan fingerprint density at radius 1 is 1.07 bits per heavy atom. The Morgan fingerprint density at radius 2 is 1.80 bits per heavy atom. The zero-order chi connectivity index (χ0) is 21.6. The van der Waals surface area contributed by atoms with Gasteiger partial charge in [-0.1, -0.05) is 24.3 Å². The first kappa shape index (κ1) is 20.9. The molecule has 3 aromatic rings. The van der Waals surface area contributed by atoms with E-state index in [2.05, 4.69) is 15.8 Å². The molecule has 0 saturated heterocycles. The van der Waals surface area contributed by atoms with Gasteiger partial charge in [0.25, 0.3) is 5.91 Å². The first-order valence-corrected chi connectivity index (χ1v) is 10.3. The number of carbonyl (C=O) groups excluding carboxylic acids is 1. The number of hydrogen-bond acceptors (Lipinski definition) is 7. The number of sulfone groups is 1. The topological polar surface area (TPSA) is 118 Å². The van der Waals surface area contributed by atoms with Crippen molar-refractivity contribution in [2.45, 2.75) is 11.9 Å². The van der Waals surface area contributed by atoms with E-state index in [1.165, 1.54) is 31.3 Å². The molecule has 3 N–H and O–H groups in total. The number of anilines is 2. The Morgan fingerprint density at radius 3 is 2.47 bits per heavy atom. The second-order valence-electron chi connectivity index (χ2n) is 6.17. The van der Waals surface area contributed by atoms with Crippen LogP contribution in [-0.4, -0.2) is 24.4 Å². The van der Waals surface area contributed by atoms with Crippen LogP contribution in [0.15, 0.2) is 89.1 Å². The highest BCUT2D eigenvalue weighted by atomic mass is 32.2. The molecule has 0 spiro atoms. The van der Waals surface area contributed by atoms with E-state index in [1.807, 2.05) is 0 Å². The molecule has 0 aliphatic heterocycles. The van der Waals surface area contributed by atoms with Gasteiger partial charge in [-0.3, -0.25) is 4.79 Å². The Labute approximate surface area is 173 Å². The predicted octanol–water partition coefficient (Wildman–Crippen LogP) is 3.72. The third-order valence-electron chi connectivity index (χ3n) is 4.02. The molecule has 0 atom stereocenters. The number of pyridine rings is 1. The monoisotopic (exact) mass is 425 g/mol. The Kier molecular flexibility index (Phi) is 6.33. The lowest BCUT2D eigenvalue weighted by molar-refractivity contribution is 0.102. The van der Waals surface area contributed by atoms with Gasteiger partial charge in [0.15, 0.2) is 5.03 Å². The number of hydrogen-bond donors (Lipinski definition) is 3. The summed E-state index contributed by atoms with van der Waals surface area (Å²) in [5.41, 5.74) is 3.55. The van der Waals surface area contributed by atoms with Gasteiger partial charge >= 0.3 is 0 Å². The average Bonchev–Trinajstić information content (AvgIpc) is 2.76. The molecule has 0 radical (unpaired) electrons. The molecule has 0 saturated carbocycles. The summed E-state index contributed by atoms with van der Waals surface area (Å²) in [6.07, 6.45) is 2.42. The highest BCUT2D eigenvalue weighted by Gasteiger charge is 2.18. The van der Waals surface area contributed by atoms with Crippen molar-refractivity contribution in [3.05, 3.63) is 89.7 Å². The summed E-state index contributed by atoms with van der Waals surface area (Å²) in [4.78, 5) is 21.1. The van der Waals surface area contributed by atoms with Gasteiger partial charge in [-0.05, 0) is 43.3 Å². The second-order valence-corrected chi connectivity index (χ2v) is 8.24. The molecule has 1 aromatic heterocycles. The highest BCUT2D eigenvalue weighted by Crippen LogP contribution is 2.27. The van der Waals surface area contributed by atoms with Crippen LogP contribution in [0.1, 0.15) is 17.3 Å². The van der Waals surface area contributed by atoms with Crippen LogP contribution < -0.4 is 10.8 Å². The summed E-state index contributed by atoms with van der Waals surface area (Å²) in [5.74, 6) is -0.546. The van der Waals surface area contributed by atoms with Gasteiger partial charge in [-0.2, -0.15) is 0 Å². The van der Waals surface area contributed by atoms with E-state index in [-0.39, 0.29) is 27.3 Å². The van der Waals surface area contributed by atoms with E-state index in [1.54, 1.807) is 48.5 Å². The molecule has 0 aliphatic rings. The van der Waals surface area contributed by atoms with Crippen molar-refractivity contribution < 1.29 is 23.2 Å². The lowest BCUT2D eigenvalue weighted by Crippen LogP contribution is -2.11. The molecule has 1 heterocycles. The molecule has 8 nitrogen and oxygen atoms in total. The van der Waals surface area contributed by atoms with E-state index >= 15 is 0 Å². The standard InChI is InChI=1S/C21H19N3O5S/c1-15(30(27,28)20-9-5-6-12-22-20)14-29-24-17-10-11-18(19(25)13-17)23-21(26)16-7-3-2-4-8-16/h2-14,24-25H,1H3,(H,23,26)/b15-14-. The number of allylic oxidation sites excluding steroid dienone is 1. The van der Waals surface area contributed by atoms with Crippen molar-refractivity contribution in [2.75, 3.05) is 10.8 Å². The lowest BCUT2D eigenvalue weighted by atomic mass is 10.2. The number of rotatable bonds is 7. The van der Waals surface area contributed by atoms with Crippen molar-refractivity contribution in [1.29, 1.82) is 0 Å². The molecule has 1 amide bonds. The smallest absolute Gasteiger partial charge is 0.255 e. The summed E-state index contributed by atoms with van der Waals surface area (Å²) in [6, 6.07) is 17.5. The number of amides is 1. The first-order chi connectivity index (χ1) is 14.4. The summed E-state index contributed by atoms with van der Waals surface area (Å²) in [7, 11) is -3.76. The fourth-order valence-electron chi connectivity index (χ4n) is 2.40. The molecule has 154 valence electrons. The molecule has 9 heteroatoms. The third kappa shape index (κ3) is 4.95. The van der Waals surface area contributed by atoms with Crippen LogP contribution in [0.4, 0.5) is 11.4 Å². The van der Waals surface area contributed by atoms with Crippen molar-refractivity contribution in [1.82, 2.24) is 4.98 Å². The summed E-state index contributed by atoms with van der Waals surface area (Å²) in [5, 5.41) is 12.7. The van der Waals surface area contributed by atoms with Crippen LogP contribution in [0.5, 0.6) is 5.75 Å². The van der Waals surface area contributed by atoms with Crippen molar-refractivity contribution in [3.8, 4) is 5.75 Å². The number of benzene rings is 2. The molecule has 3 rings (SSSR count). The number of nitrogens with zero attached hydrogens (tertiary/aromatic N) is 1. The minimum absolute atomic E-state index is 0.0512. The van der Waals surface area contributed by atoms with Crippen molar-refractivity contribution >= 4 is 27.1 Å². The van der Waals surface area contributed by atoms with Gasteiger partial charge < -0.3 is 15.3 Å². The first-order valence-electron chi connectivity index (χ1n) is 8.82. The Hall–Kier alpha value is -3.85. The van der Waals surface area contributed by atoms with Crippen LogP contribution in [0, 0.1) is 0 Å². The maximum absolute atomic E-state index is 12.4. The molecule has 30 heavy (non-hydrogen) atoms. The number of aromatic hydroxyl groups is 1. The van der Waals surface area contributed by atoms with Gasteiger partial charge in [0.05, 0.1) is 16.3 Å². The van der Waals surface area contributed by atoms with Crippen LogP contribution in [0.2, 0.25) is 0 Å². The molecule has 0 bridgehead atoms. The molecular weight excluding hydrogens is 406 g/mol. The van der Waals surface area contributed by atoms with Gasteiger partial charge in [0.2, 0.25) is 9.84 Å². The maximum atomic E-state index is 12.4. The van der Waals surface area contributed by atoms with E-state index in [4.69, 9.17) is 4.84 Å². The van der Waals surface area contributed by atoms with Crippen molar-refractivity contribution in [3.63, 3.8) is 0 Å². The van der Waals surface area contributed by atoms with E-state index in [0.717, 1.165) is 6.26 Å². The molecule has 0 aliphatic carbocycles. The highest BCUT2D eigenvalue weighted by molar-refractivity contribution is 7.95. The third-order valence-corrected chi connectivity index (χ3v) is 5.76. The SMILES string of the molecule is C/C(=C/ONc1ccc(NC(=O)c2ccccc2)c(O)c1)S(=O)(=O)c1ccccn1. The molecule has 0 fully saturated rings. The minimum atomic E-state index is -3.76. The summed E-state index contributed by atoms with van der Waals surface area (Å²) >= 11 is 0. The largest absolute Gasteiger partial charge is 0.506 e. The zero-order valence-corrected chi connectivity index (χ0v) is 16.8. The quantitative estimate of drug-likeness (QED) is 0.300. The van der Waals surface area contributed by atoms with Crippen LogP contribution >= 0.6 is 0 Å². The predicted molar refractivity (Wildman–Crippen MR) is 112 cm³/mol. The van der Waals surface area contributed by atoms with E-state index in [9.17, 15) is 18.3 Å². The van der Waals surface area contributed by atoms with Gasteiger partial charge in [-0.25, -0.2) is 18.9 Å². The molecule has 2 aromatic carbocycles. The summed E-state index contributed by atoms with van der Waals surface area (Å²) < 4.78 is 24.7. The van der Waals surface area contributed by atoms with Gasteiger partial charge in [0, 0.05) is 17.8 Å². The fraction of sp³-hybridized carbons (Fsp3) is 0.0476. The Bertz CT molecular complexity index is 1160. The number of aromatic nitrogens is 1. The number of phenolic OH excluding ortho intramolecular Hbond substituents is 1. The average molecular weight is 425 g/mol. The van der Waals surface area contributed by atoms with Crippen LogP contribution in [-0.2, 0) is 14.7 Å². The lowest BCUT2D eigenvalue weighted by Gasteiger charge is -2.10. The zero-order valence-electron chi connectivity index (χ0n) is 15.9. The molecular formula is C21H19N3O5S. The van der Waals surface area contributed by atoms with E-state index < -0.39 is 9.84 Å². The minimum Gasteiger partial charge on any atom is -0.506 e.